The fraction of sp³-hybridized carbons (Fsp3) is 0.250. The molecule has 8 heteroatoms. The molecule has 2 aromatic rings. The van der Waals surface area contributed by atoms with E-state index in [1.807, 2.05) is 0 Å². The molecular formula is C20H20Cl2N2O4. The van der Waals surface area contributed by atoms with Crippen molar-refractivity contribution in [2.24, 2.45) is 5.92 Å². The lowest BCUT2D eigenvalue weighted by atomic mass is 10.0. The second kappa shape index (κ2) is 9.57. The van der Waals surface area contributed by atoms with Gasteiger partial charge in [-0.25, -0.2) is 4.79 Å². The van der Waals surface area contributed by atoms with Gasteiger partial charge in [-0.1, -0.05) is 49.2 Å². The van der Waals surface area contributed by atoms with Gasteiger partial charge in [0, 0.05) is 5.69 Å². The highest BCUT2D eigenvalue weighted by atomic mass is 35.5. The van der Waals surface area contributed by atoms with Gasteiger partial charge in [-0.3, -0.25) is 9.59 Å². The summed E-state index contributed by atoms with van der Waals surface area (Å²) >= 11 is 12.0. The third kappa shape index (κ3) is 5.24. The van der Waals surface area contributed by atoms with Crippen LogP contribution in [0.25, 0.3) is 0 Å². The zero-order valence-electron chi connectivity index (χ0n) is 15.6. The van der Waals surface area contributed by atoms with Crippen LogP contribution in [0.1, 0.15) is 34.6 Å². The van der Waals surface area contributed by atoms with Gasteiger partial charge < -0.3 is 15.4 Å². The minimum Gasteiger partial charge on any atom is -0.465 e. The molecule has 0 radical (unpaired) electrons. The van der Waals surface area contributed by atoms with Crippen LogP contribution in [0.5, 0.6) is 0 Å². The van der Waals surface area contributed by atoms with Gasteiger partial charge >= 0.3 is 5.97 Å². The number of anilines is 1. The van der Waals surface area contributed by atoms with Crippen LogP contribution in [0.15, 0.2) is 42.5 Å². The first-order chi connectivity index (χ1) is 13.2. The molecule has 148 valence electrons. The van der Waals surface area contributed by atoms with E-state index in [0.29, 0.717) is 10.7 Å². The summed E-state index contributed by atoms with van der Waals surface area (Å²) < 4.78 is 4.67. The molecule has 0 aliphatic carbocycles. The topological polar surface area (TPSA) is 84.5 Å². The van der Waals surface area contributed by atoms with Crippen molar-refractivity contribution in [3.63, 3.8) is 0 Å². The molecule has 2 rings (SSSR count). The Morgan fingerprint density at radius 3 is 2.21 bits per heavy atom. The molecule has 1 atom stereocenters. The lowest BCUT2D eigenvalue weighted by Crippen LogP contribution is -2.47. The Balaban J connectivity index is 2.19. The van der Waals surface area contributed by atoms with Gasteiger partial charge in [-0.05, 0) is 36.2 Å². The highest BCUT2D eigenvalue weighted by Crippen LogP contribution is 2.22. The molecule has 6 nitrogen and oxygen atoms in total. The molecule has 2 aromatic carbocycles. The molecule has 0 aliphatic heterocycles. The van der Waals surface area contributed by atoms with E-state index >= 15 is 0 Å². The highest BCUT2D eigenvalue weighted by molar-refractivity contribution is 6.34. The Kier molecular flexibility index (Phi) is 7.43. The van der Waals surface area contributed by atoms with E-state index in [4.69, 9.17) is 23.2 Å². The fourth-order valence-electron chi connectivity index (χ4n) is 2.49. The van der Waals surface area contributed by atoms with Crippen molar-refractivity contribution < 1.29 is 19.1 Å². The predicted octanol–water partition coefficient (Wildman–Crippen LogP) is 4.17. The maximum absolute atomic E-state index is 12.7. The molecule has 0 saturated carbocycles. The Morgan fingerprint density at radius 1 is 0.964 bits per heavy atom. The molecule has 0 saturated heterocycles. The number of benzene rings is 2. The zero-order valence-corrected chi connectivity index (χ0v) is 17.1. The first-order valence-electron chi connectivity index (χ1n) is 8.48. The Labute approximate surface area is 173 Å². The van der Waals surface area contributed by atoms with Crippen LogP contribution in [0, 0.1) is 5.92 Å². The Bertz CT molecular complexity index is 900. The lowest BCUT2D eigenvalue weighted by Gasteiger charge is -2.22. The summed E-state index contributed by atoms with van der Waals surface area (Å²) in [6.45, 7) is 3.61. The van der Waals surface area contributed by atoms with Crippen LogP contribution in [0.3, 0.4) is 0 Å². The van der Waals surface area contributed by atoms with Crippen LogP contribution >= 0.6 is 23.2 Å². The second-order valence-corrected chi connectivity index (χ2v) is 7.16. The minimum absolute atomic E-state index is 0.128. The van der Waals surface area contributed by atoms with Crippen molar-refractivity contribution in [3.05, 3.63) is 63.6 Å². The van der Waals surface area contributed by atoms with E-state index in [1.165, 1.54) is 19.2 Å². The normalized spacial score (nSPS) is 11.6. The zero-order chi connectivity index (χ0) is 20.8. The quantitative estimate of drug-likeness (QED) is 0.683. The van der Waals surface area contributed by atoms with Gasteiger partial charge in [0.05, 0.1) is 28.3 Å². The summed E-state index contributed by atoms with van der Waals surface area (Å²) in [5.74, 6) is -1.70. The molecular weight excluding hydrogens is 403 g/mol. The minimum atomic E-state index is -0.818. The van der Waals surface area contributed by atoms with Gasteiger partial charge in [0.25, 0.3) is 5.91 Å². The van der Waals surface area contributed by atoms with Gasteiger partial charge in [0.2, 0.25) is 5.91 Å². The van der Waals surface area contributed by atoms with E-state index in [1.54, 1.807) is 44.2 Å². The summed E-state index contributed by atoms with van der Waals surface area (Å²) in [5, 5.41) is 5.89. The number of carbonyl (C=O) groups excluding carboxylic acids is 3. The first-order valence-corrected chi connectivity index (χ1v) is 9.24. The molecule has 1 unspecified atom stereocenters. The number of nitrogens with one attached hydrogen (secondary N) is 2. The maximum atomic E-state index is 12.7. The number of hydrogen-bond acceptors (Lipinski definition) is 4. The maximum Gasteiger partial charge on any atom is 0.339 e. The number of methoxy groups -OCH3 is 1. The van der Waals surface area contributed by atoms with Crippen LogP contribution in [-0.2, 0) is 9.53 Å². The van der Waals surface area contributed by atoms with E-state index in [0.717, 1.165) is 0 Å². The number of amides is 2. The predicted molar refractivity (Wildman–Crippen MR) is 109 cm³/mol. The third-order valence-electron chi connectivity index (χ3n) is 3.99. The number of ether oxygens (including phenoxy) is 1. The smallest absolute Gasteiger partial charge is 0.339 e. The molecule has 0 spiro atoms. The average Bonchev–Trinajstić information content (AvgIpc) is 2.66. The van der Waals surface area contributed by atoms with Gasteiger partial charge in [0.15, 0.2) is 0 Å². The number of halogens is 2. The fourth-order valence-corrected chi connectivity index (χ4v) is 2.90. The Morgan fingerprint density at radius 2 is 1.61 bits per heavy atom. The van der Waals surface area contributed by atoms with Crippen molar-refractivity contribution in [3.8, 4) is 0 Å². The van der Waals surface area contributed by atoms with E-state index in [-0.39, 0.29) is 22.1 Å². The third-order valence-corrected chi connectivity index (χ3v) is 4.65. The highest BCUT2D eigenvalue weighted by Gasteiger charge is 2.26. The number of hydrogen-bond donors (Lipinski definition) is 2. The van der Waals surface area contributed by atoms with Crippen molar-refractivity contribution in [1.29, 1.82) is 0 Å². The summed E-state index contributed by atoms with van der Waals surface area (Å²) in [7, 11) is 1.24. The number of esters is 1. The Hall–Kier alpha value is -2.57. The standard InChI is InChI=1S/C20H20Cl2N2O4/c1-11(2)17(24-18(25)13-6-4-5-7-15(13)21)19(26)23-12-8-9-16(22)14(10-12)20(27)28-3/h4-11,17H,1-3H3,(H,23,26)(H,24,25). The summed E-state index contributed by atoms with van der Waals surface area (Å²) in [5.41, 5.74) is 0.762. The molecule has 0 aliphatic rings. The molecule has 0 heterocycles. The summed E-state index contributed by atoms with van der Waals surface area (Å²) in [6.07, 6.45) is 0. The van der Waals surface area contributed by atoms with Crippen molar-refractivity contribution >= 4 is 46.7 Å². The SMILES string of the molecule is COC(=O)c1cc(NC(=O)C(NC(=O)c2ccccc2Cl)C(C)C)ccc1Cl. The van der Waals surface area contributed by atoms with Crippen LogP contribution < -0.4 is 10.6 Å². The van der Waals surface area contributed by atoms with Crippen LogP contribution in [-0.4, -0.2) is 30.9 Å². The number of rotatable bonds is 6. The largest absolute Gasteiger partial charge is 0.465 e. The molecule has 2 N–H and O–H groups in total. The van der Waals surface area contributed by atoms with Crippen molar-refractivity contribution in [2.75, 3.05) is 12.4 Å². The molecule has 2 amide bonds. The monoisotopic (exact) mass is 422 g/mol. The van der Waals surface area contributed by atoms with Crippen molar-refractivity contribution in [1.82, 2.24) is 5.32 Å². The first kappa shape index (κ1) is 21.7. The summed E-state index contributed by atoms with van der Waals surface area (Å²) in [4.78, 5) is 37.0. The van der Waals surface area contributed by atoms with E-state index < -0.39 is 23.8 Å². The van der Waals surface area contributed by atoms with Crippen LogP contribution in [0.4, 0.5) is 5.69 Å². The molecule has 0 aromatic heterocycles. The van der Waals surface area contributed by atoms with Gasteiger partial charge in [-0.15, -0.1) is 0 Å². The lowest BCUT2D eigenvalue weighted by molar-refractivity contribution is -0.118. The second-order valence-electron chi connectivity index (χ2n) is 6.35. The van der Waals surface area contributed by atoms with Gasteiger partial charge in [0.1, 0.15) is 6.04 Å². The summed E-state index contributed by atoms with van der Waals surface area (Å²) in [6, 6.07) is 10.2. The number of carbonyl (C=O) groups is 3. The molecule has 0 fully saturated rings. The molecule has 28 heavy (non-hydrogen) atoms. The van der Waals surface area contributed by atoms with Gasteiger partial charge in [-0.2, -0.15) is 0 Å². The van der Waals surface area contributed by atoms with E-state index in [9.17, 15) is 14.4 Å². The van der Waals surface area contributed by atoms with E-state index in [2.05, 4.69) is 15.4 Å². The van der Waals surface area contributed by atoms with Crippen LogP contribution in [0.2, 0.25) is 10.0 Å². The average molecular weight is 423 g/mol. The molecule has 0 bridgehead atoms. The van der Waals surface area contributed by atoms with Crippen molar-refractivity contribution in [2.45, 2.75) is 19.9 Å².